The lowest BCUT2D eigenvalue weighted by Crippen LogP contribution is -2.15. The fraction of sp³-hybridized carbons (Fsp3) is 0.200. The van der Waals surface area contributed by atoms with Gasteiger partial charge in [0.05, 0.1) is 22.7 Å². The van der Waals surface area contributed by atoms with Gasteiger partial charge in [-0.15, -0.1) is 0 Å². The molecular weight excluding hydrogens is 293 g/mol. The number of halogens is 2. The molecule has 1 aromatic carbocycles. The molecule has 0 saturated carbocycles. The molecule has 90 valence electrons. The molecule has 1 atom stereocenters. The Bertz CT molecular complexity index is 532. The molecule has 1 heterocycles. The van der Waals surface area contributed by atoms with Crippen LogP contribution in [0.15, 0.2) is 27.2 Å². The molecule has 1 aromatic heterocycles. The second-order valence-corrected chi connectivity index (χ2v) is 4.20. The zero-order valence-electron chi connectivity index (χ0n) is 8.60. The second kappa shape index (κ2) is 4.91. The van der Waals surface area contributed by atoms with Crippen molar-refractivity contribution >= 4 is 15.9 Å². The molecular formula is C10H9BrFN3O2. The van der Waals surface area contributed by atoms with Crippen molar-refractivity contribution in [3.8, 4) is 11.5 Å². The maximum absolute atomic E-state index is 13.7. The predicted molar refractivity (Wildman–Crippen MR) is 61.4 cm³/mol. The normalized spacial score (nSPS) is 12.7. The Balaban J connectivity index is 2.40. The Hall–Kier alpha value is -1.31. The van der Waals surface area contributed by atoms with Crippen LogP contribution in [0.1, 0.15) is 11.9 Å². The van der Waals surface area contributed by atoms with Crippen LogP contribution in [0.5, 0.6) is 0 Å². The lowest BCUT2D eigenvalue weighted by Gasteiger charge is -2.00. The highest BCUT2D eigenvalue weighted by Crippen LogP contribution is 2.26. The summed E-state index contributed by atoms with van der Waals surface area (Å²) in [5, 5.41) is 12.4. The van der Waals surface area contributed by atoms with Gasteiger partial charge in [-0.3, -0.25) is 0 Å². The van der Waals surface area contributed by atoms with Crippen molar-refractivity contribution in [3.63, 3.8) is 0 Å². The van der Waals surface area contributed by atoms with Gasteiger partial charge in [0.2, 0.25) is 0 Å². The molecule has 5 nitrogen and oxygen atoms in total. The zero-order chi connectivity index (χ0) is 12.4. The molecule has 0 aliphatic rings. The van der Waals surface area contributed by atoms with E-state index in [1.54, 1.807) is 12.1 Å². The SMILES string of the molecule is NC(CO)c1noc(-c2cccc(Br)c2F)n1. The summed E-state index contributed by atoms with van der Waals surface area (Å²) in [5.74, 6) is -0.315. The van der Waals surface area contributed by atoms with Gasteiger partial charge in [-0.05, 0) is 28.1 Å². The highest BCUT2D eigenvalue weighted by atomic mass is 79.9. The Morgan fingerprint density at radius 3 is 3.00 bits per heavy atom. The van der Waals surface area contributed by atoms with Crippen LogP contribution in [0, 0.1) is 5.82 Å². The van der Waals surface area contributed by atoms with Crippen LogP contribution >= 0.6 is 15.9 Å². The highest BCUT2D eigenvalue weighted by Gasteiger charge is 2.17. The number of hydrogen-bond donors (Lipinski definition) is 2. The number of hydrogen-bond acceptors (Lipinski definition) is 5. The van der Waals surface area contributed by atoms with E-state index < -0.39 is 11.9 Å². The third kappa shape index (κ3) is 2.36. The number of aromatic nitrogens is 2. The lowest BCUT2D eigenvalue weighted by molar-refractivity contribution is 0.260. The minimum Gasteiger partial charge on any atom is -0.394 e. The third-order valence-electron chi connectivity index (χ3n) is 2.15. The smallest absolute Gasteiger partial charge is 0.260 e. The van der Waals surface area contributed by atoms with Gasteiger partial charge in [-0.25, -0.2) is 4.39 Å². The number of nitrogens with two attached hydrogens (primary N) is 1. The van der Waals surface area contributed by atoms with E-state index in [2.05, 4.69) is 26.1 Å². The van der Waals surface area contributed by atoms with Gasteiger partial charge < -0.3 is 15.4 Å². The molecule has 0 bridgehead atoms. The van der Waals surface area contributed by atoms with Gasteiger partial charge in [-0.1, -0.05) is 11.2 Å². The zero-order valence-corrected chi connectivity index (χ0v) is 10.2. The van der Waals surface area contributed by atoms with Crippen LogP contribution < -0.4 is 5.73 Å². The van der Waals surface area contributed by atoms with E-state index in [-0.39, 0.29) is 23.9 Å². The number of benzene rings is 1. The molecule has 0 radical (unpaired) electrons. The second-order valence-electron chi connectivity index (χ2n) is 3.35. The maximum atomic E-state index is 13.7. The molecule has 2 aromatic rings. The topological polar surface area (TPSA) is 85.2 Å². The van der Waals surface area contributed by atoms with Gasteiger partial charge in [0, 0.05) is 0 Å². The van der Waals surface area contributed by atoms with Crippen molar-refractivity contribution in [1.82, 2.24) is 10.1 Å². The molecule has 0 saturated heterocycles. The average Bonchev–Trinajstić information content (AvgIpc) is 2.81. The average molecular weight is 302 g/mol. The van der Waals surface area contributed by atoms with E-state index in [0.29, 0.717) is 4.47 Å². The highest BCUT2D eigenvalue weighted by molar-refractivity contribution is 9.10. The molecule has 2 rings (SSSR count). The van der Waals surface area contributed by atoms with Crippen LogP contribution in [0.2, 0.25) is 0 Å². The van der Waals surface area contributed by atoms with Crippen molar-refractivity contribution in [2.45, 2.75) is 6.04 Å². The summed E-state index contributed by atoms with van der Waals surface area (Å²) in [6.07, 6.45) is 0. The van der Waals surface area contributed by atoms with Crippen molar-refractivity contribution in [2.24, 2.45) is 5.73 Å². The van der Waals surface area contributed by atoms with Crippen molar-refractivity contribution in [3.05, 3.63) is 34.3 Å². The Labute approximate surface area is 105 Å². The van der Waals surface area contributed by atoms with Gasteiger partial charge in [0.25, 0.3) is 5.89 Å². The first-order valence-corrected chi connectivity index (χ1v) is 5.57. The van der Waals surface area contributed by atoms with Crippen molar-refractivity contribution in [2.75, 3.05) is 6.61 Å². The standard InChI is InChI=1S/C10H9BrFN3O2/c11-6-3-1-2-5(8(6)12)10-14-9(15-17-10)7(13)4-16/h1-3,7,16H,4,13H2. The third-order valence-corrected chi connectivity index (χ3v) is 2.76. The predicted octanol–water partition coefficient (Wildman–Crippen LogP) is 1.63. The quantitative estimate of drug-likeness (QED) is 0.900. The number of rotatable bonds is 3. The van der Waals surface area contributed by atoms with E-state index in [1.165, 1.54) is 6.07 Å². The monoisotopic (exact) mass is 301 g/mol. The summed E-state index contributed by atoms with van der Waals surface area (Å²) in [6.45, 7) is -0.306. The van der Waals surface area contributed by atoms with Crippen LogP contribution in [-0.4, -0.2) is 21.9 Å². The Kier molecular flexibility index (Phi) is 3.51. The van der Waals surface area contributed by atoms with Gasteiger partial charge in [0.1, 0.15) is 5.82 Å². The van der Waals surface area contributed by atoms with Crippen LogP contribution in [0.25, 0.3) is 11.5 Å². The lowest BCUT2D eigenvalue weighted by atomic mass is 10.2. The van der Waals surface area contributed by atoms with Gasteiger partial charge in [0.15, 0.2) is 5.82 Å². The Morgan fingerprint density at radius 1 is 1.53 bits per heavy atom. The molecule has 0 fully saturated rings. The van der Waals surface area contributed by atoms with Crippen LogP contribution in [-0.2, 0) is 0 Å². The van der Waals surface area contributed by atoms with E-state index >= 15 is 0 Å². The van der Waals surface area contributed by atoms with Crippen molar-refractivity contribution < 1.29 is 14.0 Å². The minimum absolute atomic E-state index is 0.0303. The van der Waals surface area contributed by atoms with Crippen LogP contribution in [0.3, 0.4) is 0 Å². The molecule has 1 unspecified atom stereocenters. The van der Waals surface area contributed by atoms with Crippen molar-refractivity contribution in [1.29, 1.82) is 0 Å². The fourth-order valence-corrected chi connectivity index (χ4v) is 1.61. The Morgan fingerprint density at radius 2 is 2.29 bits per heavy atom. The van der Waals surface area contributed by atoms with Gasteiger partial charge in [-0.2, -0.15) is 4.98 Å². The first-order valence-electron chi connectivity index (χ1n) is 4.78. The summed E-state index contributed by atoms with van der Waals surface area (Å²) in [5.41, 5.74) is 5.70. The number of nitrogens with zero attached hydrogens (tertiary/aromatic N) is 2. The summed E-state index contributed by atoms with van der Waals surface area (Å²) in [7, 11) is 0. The van der Waals surface area contributed by atoms with E-state index in [9.17, 15) is 4.39 Å². The van der Waals surface area contributed by atoms with Gasteiger partial charge >= 0.3 is 0 Å². The molecule has 7 heteroatoms. The molecule has 0 aliphatic carbocycles. The molecule has 0 amide bonds. The first kappa shape index (κ1) is 12.2. The fourth-order valence-electron chi connectivity index (χ4n) is 1.25. The number of aliphatic hydroxyl groups excluding tert-OH is 1. The molecule has 0 aliphatic heterocycles. The molecule has 3 N–H and O–H groups in total. The molecule has 17 heavy (non-hydrogen) atoms. The van der Waals surface area contributed by atoms with E-state index in [4.69, 9.17) is 15.4 Å². The first-order chi connectivity index (χ1) is 8.13. The maximum Gasteiger partial charge on any atom is 0.260 e. The molecule has 0 spiro atoms. The minimum atomic E-state index is -0.734. The number of aliphatic hydroxyl groups is 1. The summed E-state index contributed by atoms with van der Waals surface area (Å²) >= 11 is 3.06. The summed E-state index contributed by atoms with van der Waals surface area (Å²) in [6, 6.07) is 4.00. The van der Waals surface area contributed by atoms with Crippen LogP contribution in [0.4, 0.5) is 4.39 Å². The van der Waals surface area contributed by atoms with E-state index in [1.807, 2.05) is 0 Å². The van der Waals surface area contributed by atoms with E-state index in [0.717, 1.165) is 0 Å². The summed E-state index contributed by atoms with van der Waals surface area (Å²) < 4.78 is 18.9. The summed E-state index contributed by atoms with van der Waals surface area (Å²) in [4.78, 5) is 3.93. The largest absolute Gasteiger partial charge is 0.394 e.